The highest BCUT2D eigenvalue weighted by Gasteiger charge is 2.26. The van der Waals surface area contributed by atoms with Crippen molar-refractivity contribution in [2.24, 2.45) is 0 Å². The van der Waals surface area contributed by atoms with Crippen LogP contribution in [0.15, 0.2) is 41.3 Å². The number of benzene rings is 1. The average molecular weight is 447 g/mol. The van der Waals surface area contributed by atoms with Gasteiger partial charge in [-0.15, -0.1) is 10.2 Å². The van der Waals surface area contributed by atoms with Crippen molar-refractivity contribution in [3.05, 3.63) is 58.4 Å². The molecule has 172 valence electrons. The highest BCUT2D eigenvalue weighted by molar-refractivity contribution is 5.89. The zero-order valence-corrected chi connectivity index (χ0v) is 19.7. The molecule has 5 rings (SSSR count). The molecule has 4 aromatic rings. The van der Waals surface area contributed by atoms with E-state index in [9.17, 15) is 4.79 Å². The van der Waals surface area contributed by atoms with Gasteiger partial charge in [0.25, 0.3) is 0 Å². The Kier molecular flexibility index (Phi) is 5.31. The molecule has 3 aromatic heterocycles. The predicted molar refractivity (Wildman–Crippen MR) is 129 cm³/mol. The van der Waals surface area contributed by atoms with Crippen molar-refractivity contribution in [2.75, 3.05) is 25.1 Å². The van der Waals surface area contributed by atoms with Gasteiger partial charge in [-0.05, 0) is 43.0 Å². The highest BCUT2D eigenvalue weighted by Crippen LogP contribution is 2.27. The number of hydrogen-bond donors (Lipinski definition) is 0. The monoisotopic (exact) mass is 446 g/mol. The smallest absolute Gasteiger partial charge is 0.336 e. The van der Waals surface area contributed by atoms with E-state index in [1.807, 2.05) is 51.2 Å². The molecule has 0 N–H and O–H groups in total. The maximum absolute atomic E-state index is 13.9. The zero-order chi connectivity index (χ0) is 23.2. The number of methoxy groups -OCH3 is 1. The van der Waals surface area contributed by atoms with E-state index in [1.54, 1.807) is 16.1 Å². The van der Waals surface area contributed by atoms with E-state index >= 15 is 0 Å². The van der Waals surface area contributed by atoms with Crippen molar-refractivity contribution in [1.82, 2.24) is 24.1 Å². The molecule has 0 bridgehead atoms. The van der Waals surface area contributed by atoms with Crippen LogP contribution in [0, 0.1) is 0 Å². The second-order valence-electron chi connectivity index (χ2n) is 9.76. The zero-order valence-electron chi connectivity index (χ0n) is 19.7. The van der Waals surface area contributed by atoms with Crippen molar-refractivity contribution < 1.29 is 4.74 Å². The lowest BCUT2D eigenvalue weighted by Crippen LogP contribution is -2.32. The quantitative estimate of drug-likeness (QED) is 0.475. The number of rotatable bonds is 4. The SMILES string of the molecule is COc1ccc(Cn2c(=O)n3c(C(C)(C)C)nnc3c3ncc(N4CCCCC4)cc32)cc1. The van der Waals surface area contributed by atoms with E-state index in [2.05, 4.69) is 21.2 Å². The number of anilines is 1. The maximum atomic E-state index is 13.9. The van der Waals surface area contributed by atoms with Crippen LogP contribution in [0.1, 0.15) is 51.4 Å². The van der Waals surface area contributed by atoms with Gasteiger partial charge in [0, 0.05) is 18.5 Å². The Balaban J connectivity index is 1.74. The van der Waals surface area contributed by atoms with Crippen LogP contribution in [-0.2, 0) is 12.0 Å². The first-order chi connectivity index (χ1) is 15.9. The molecule has 0 aliphatic carbocycles. The second kappa shape index (κ2) is 8.17. The molecular weight excluding hydrogens is 416 g/mol. The fourth-order valence-electron chi connectivity index (χ4n) is 4.54. The molecule has 8 heteroatoms. The molecule has 1 saturated heterocycles. The largest absolute Gasteiger partial charge is 0.497 e. The van der Waals surface area contributed by atoms with Gasteiger partial charge in [-0.25, -0.2) is 14.2 Å². The van der Waals surface area contributed by atoms with E-state index < -0.39 is 0 Å². The van der Waals surface area contributed by atoms with Crippen LogP contribution < -0.4 is 15.3 Å². The van der Waals surface area contributed by atoms with E-state index in [0.717, 1.165) is 35.6 Å². The Morgan fingerprint density at radius 3 is 2.42 bits per heavy atom. The minimum Gasteiger partial charge on any atom is -0.497 e. The van der Waals surface area contributed by atoms with E-state index in [4.69, 9.17) is 9.72 Å². The summed E-state index contributed by atoms with van der Waals surface area (Å²) in [6.07, 6.45) is 5.51. The molecular formula is C25H30N6O2. The van der Waals surface area contributed by atoms with Gasteiger partial charge in [0.15, 0.2) is 5.65 Å². The molecule has 0 saturated carbocycles. The van der Waals surface area contributed by atoms with Gasteiger partial charge in [-0.2, -0.15) is 0 Å². The van der Waals surface area contributed by atoms with Crippen LogP contribution in [0.4, 0.5) is 5.69 Å². The average Bonchev–Trinajstić information content (AvgIpc) is 3.29. The van der Waals surface area contributed by atoms with E-state index in [0.29, 0.717) is 23.5 Å². The Morgan fingerprint density at radius 2 is 1.76 bits per heavy atom. The summed E-state index contributed by atoms with van der Waals surface area (Å²) in [5, 5.41) is 8.79. The lowest BCUT2D eigenvalue weighted by atomic mass is 9.96. The first-order valence-corrected chi connectivity index (χ1v) is 11.5. The summed E-state index contributed by atoms with van der Waals surface area (Å²) in [4.78, 5) is 21.0. The van der Waals surface area contributed by atoms with Crippen LogP contribution in [0.3, 0.4) is 0 Å². The topological polar surface area (TPSA) is 77.5 Å². The number of nitrogens with zero attached hydrogens (tertiary/aromatic N) is 6. The van der Waals surface area contributed by atoms with Crippen molar-refractivity contribution in [3.8, 4) is 5.75 Å². The van der Waals surface area contributed by atoms with E-state index in [1.165, 1.54) is 19.3 Å². The van der Waals surface area contributed by atoms with Gasteiger partial charge in [0.05, 0.1) is 31.1 Å². The molecule has 1 aromatic carbocycles. The van der Waals surface area contributed by atoms with Crippen LogP contribution in [0.5, 0.6) is 5.75 Å². The summed E-state index contributed by atoms with van der Waals surface area (Å²) in [6, 6.07) is 9.89. The normalized spacial score (nSPS) is 14.8. The summed E-state index contributed by atoms with van der Waals surface area (Å²) in [7, 11) is 1.65. The molecule has 0 radical (unpaired) electrons. The van der Waals surface area contributed by atoms with Gasteiger partial charge >= 0.3 is 5.69 Å². The molecule has 33 heavy (non-hydrogen) atoms. The third-order valence-electron chi connectivity index (χ3n) is 6.33. The van der Waals surface area contributed by atoms with Crippen molar-refractivity contribution in [3.63, 3.8) is 0 Å². The van der Waals surface area contributed by atoms with Crippen molar-refractivity contribution in [1.29, 1.82) is 0 Å². The summed E-state index contributed by atoms with van der Waals surface area (Å²) in [5.74, 6) is 1.42. The third kappa shape index (κ3) is 3.83. The first-order valence-electron chi connectivity index (χ1n) is 11.5. The maximum Gasteiger partial charge on any atom is 0.336 e. The Bertz CT molecular complexity index is 1360. The summed E-state index contributed by atoms with van der Waals surface area (Å²) in [5.41, 5.74) is 3.54. The van der Waals surface area contributed by atoms with Crippen LogP contribution in [-0.4, -0.2) is 44.3 Å². The lowest BCUT2D eigenvalue weighted by Gasteiger charge is -2.28. The van der Waals surface area contributed by atoms with Crippen LogP contribution in [0.2, 0.25) is 0 Å². The highest BCUT2D eigenvalue weighted by atomic mass is 16.5. The Hall–Kier alpha value is -3.42. The number of fused-ring (bicyclic) bond motifs is 3. The molecule has 4 heterocycles. The summed E-state index contributed by atoms with van der Waals surface area (Å²) < 4.78 is 8.71. The van der Waals surface area contributed by atoms with Gasteiger partial charge in [0.2, 0.25) is 0 Å². The molecule has 1 fully saturated rings. The fraction of sp³-hybridized carbons (Fsp3) is 0.440. The molecule has 1 aliphatic rings. The van der Waals surface area contributed by atoms with Gasteiger partial charge in [0.1, 0.15) is 17.1 Å². The standard InChI is InChI=1S/C25H30N6O2/c1-25(2,3)23-28-27-22-21-20(14-18(15-26-21)29-12-6-5-7-13-29)30(24(32)31(22)23)16-17-8-10-19(33-4)11-9-17/h8-11,14-15H,5-7,12-13,16H2,1-4H3. The third-order valence-corrected chi connectivity index (χ3v) is 6.33. The molecule has 1 aliphatic heterocycles. The Labute approximate surface area is 192 Å². The van der Waals surface area contributed by atoms with Crippen LogP contribution >= 0.6 is 0 Å². The molecule has 0 unspecified atom stereocenters. The second-order valence-corrected chi connectivity index (χ2v) is 9.76. The van der Waals surface area contributed by atoms with E-state index in [-0.39, 0.29) is 11.1 Å². The summed E-state index contributed by atoms with van der Waals surface area (Å²) >= 11 is 0. The molecule has 8 nitrogen and oxygen atoms in total. The number of aromatic nitrogens is 5. The van der Waals surface area contributed by atoms with Crippen molar-refractivity contribution >= 4 is 22.4 Å². The summed E-state index contributed by atoms with van der Waals surface area (Å²) in [6.45, 7) is 8.55. The molecule has 0 amide bonds. The number of ether oxygens (including phenoxy) is 1. The first kappa shape index (κ1) is 21.4. The molecule has 0 atom stereocenters. The van der Waals surface area contributed by atoms with Gasteiger partial charge < -0.3 is 9.64 Å². The van der Waals surface area contributed by atoms with Crippen LogP contribution in [0.25, 0.3) is 16.7 Å². The number of piperidine rings is 1. The number of hydrogen-bond acceptors (Lipinski definition) is 6. The fourth-order valence-corrected chi connectivity index (χ4v) is 4.54. The minimum absolute atomic E-state index is 0.152. The molecule has 0 spiro atoms. The lowest BCUT2D eigenvalue weighted by molar-refractivity contribution is 0.414. The Morgan fingerprint density at radius 1 is 1.03 bits per heavy atom. The number of pyridine rings is 1. The minimum atomic E-state index is -0.335. The van der Waals surface area contributed by atoms with Gasteiger partial charge in [-0.3, -0.25) is 4.57 Å². The predicted octanol–water partition coefficient (Wildman–Crippen LogP) is 3.78. The van der Waals surface area contributed by atoms with Crippen molar-refractivity contribution in [2.45, 2.75) is 52.0 Å². The van der Waals surface area contributed by atoms with Gasteiger partial charge in [-0.1, -0.05) is 32.9 Å².